The molecule has 3 N–H and O–H groups in total. The minimum absolute atomic E-state index is 0.115. The van der Waals surface area contributed by atoms with Gasteiger partial charge in [-0.3, -0.25) is 0 Å². The molecule has 0 bridgehead atoms. The summed E-state index contributed by atoms with van der Waals surface area (Å²) in [7, 11) is -3.62. The van der Waals surface area contributed by atoms with Crippen molar-refractivity contribution in [1.29, 1.82) is 0 Å². The normalized spacial score (nSPS) is 23.0. The predicted molar refractivity (Wildman–Crippen MR) is 74.5 cm³/mol. The molecule has 1 fully saturated rings. The van der Waals surface area contributed by atoms with Gasteiger partial charge in [0.1, 0.15) is 0 Å². The van der Waals surface area contributed by atoms with Crippen molar-refractivity contribution in [2.24, 2.45) is 5.14 Å². The number of rotatable bonds is 3. The second-order valence-corrected chi connectivity index (χ2v) is 7.07. The lowest BCUT2D eigenvalue weighted by Crippen LogP contribution is -2.40. The summed E-state index contributed by atoms with van der Waals surface area (Å²) < 4.78 is 28.0. The van der Waals surface area contributed by atoms with Crippen LogP contribution in [-0.2, 0) is 14.8 Å². The number of ether oxygens (including phenoxy) is 1. The van der Waals surface area contributed by atoms with Crippen molar-refractivity contribution in [2.45, 2.75) is 43.2 Å². The first-order chi connectivity index (χ1) is 8.76. The standard InChI is InChI=1S/C13H20N2O3S/c1-13(2)9-11(7-8-18-13)15-10-3-5-12(6-4-10)19(14,16)17/h3-6,11,15H,7-9H2,1-2H3,(H2,14,16,17). The number of primary sulfonamides is 1. The van der Waals surface area contributed by atoms with Crippen molar-refractivity contribution in [3.05, 3.63) is 24.3 Å². The fourth-order valence-electron chi connectivity index (χ4n) is 2.33. The van der Waals surface area contributed by atoms with Gasteiger partial charge in [0.05, 0.1) is 10.5 Å². The lowest BCUT2D eigenvalue weighted by Gasteiger charge is -2.36. The molecule has 6 heteroatoms. The van der Waals surface area contributed by atoms with Gasteiger partial charge in [0.15, 0.2) is 0 Å². The highest BCUT2D eigenvalue weighted by molar-refractivity contribution is 7.89. The van der Waals surface area contributed by atoms with Crippen molar-refractivity contribution in [1.82, 2.24) is 0 Å². The van der Waals surface area contributed by atoms with Crippen LogP contribution in [0.4, 0.5) is 5.69 Å². The van der Waals surface area contributed by atoms with Crippen molar-refractivity contribution >= 4 is 15.7 Å². The molecule has 1 aromatic carbocycles. The van der Waals surface area contributed by atoms with Gasteiger partial charge in [-0.2, -0.15) is 0 Å². The predicted octanol–water partition coefficient (Wildman–Crippen LogP) is 1.70. The van der Waals surface area contributed by atoms with Crippen LogP contribution in [0.5, 0.6) is 0 Å². The van der Waals surface area contributed by atoms with E-state index in [0.717, 1.165) is 25.1 Å². The number of anilines is 1. The third kappa shape index (κ3) is 3.92. The highest BCUT2D eigenvalue weighted by atomic mass is 32.2. The number of benzene rings is 1. The molecule has 5 nitrogen and oxygen atoms in total. The first-order valence-corrected chi connectivity index (χ1v) is 7.84. The molecule has 1 atom stereocenters. The maximum absolute atomic E-state index is 11.2. The molecule has 0 saturated carbocycles. The SMILES string of the molecule is CC1(C)CC(Nc2ccc(S(N)(=O)=O)cc2)CCO1. The van der Waals surface area contributed by atoms with Crippen molar-refractivity contribution in [3.63, 3.8) is 0 Å². The summed E-state index contributed by atoms with van der Waals surface area (Å²) in [6, 6.07) is 6.85. The van der Waals surface area contributed by atoms with E-state index >= 15 is 0 Å². The van der Waals surface area contributed by atoms with Crippen LogP contribution in [-0.4, -0.2) is 26.7 Å². The molecule has 0 radical (unpaired) electrons. The molecule has 1 aliphatic heterocycles. The van der Waals surface area contributed by atoms with Gasteiger partial charge in [0.25, 0.3) is 0 Å². The maximum atomic E-state index is 11.2. The number of nitrogens with one attached hydrogen (secondary N) is 1. The average molecular weight is 284 g/mol. The van der Waals surface area contributed by atoms with Gasteiger partial charge >= 0.3 is 0 Å². The summed E-state index contributed by atoms with van der Waals surface area (Å²) >= 11 is 0. The van der Waals surface area contributed by atoms with Gasteiger partial charge in [0, 0.05) is 18.3 Å². The van der Waals surface area contributed by atoms with E-state index < -0.39 is 10.0 Å². The Morgan fingerprint density at radius 3 is 2.47 bits per heavy atom. The van der Waals surface area contributed by atoms with E-state index in [9.17, 15) is 8.42 Å². The summed E-state index contributed by atoms with van der Waals surface area (Å²) in [4.78, 5) is 0.130. The van der Waals surface area contributed by atoms with Gasteiger partial charge in [-0.1, -0.05) is 0 Å². The number of sulfonamides is 1. The second kappa shape index (κ2) is 5.11. The van der Waals surface area contributed by atoms with Crippen molar-refractivity contribution in [2.75, 3.05) is 11.9 Å². The van der Waals surface area contributed by atoms with Crippen LogP contribution in [0.15, 0.2) is 29.2 Å². The van der Waals surface area contributed by atoms with E-state index in [2.05, 4.69) is 19.2 Å². The Kier molecular flexibility index (Phi) is 3.85. The van der Waals surface area contributed by atoms with Gasteiger partial charge in [-0.25, -0.2) is 13.6 Å². The highest BCUT2D eigenvalue weighted by Gasteiger charge is 2.28. The molecular formula is C13H20N2O3S. The fourth-order valence-corrected chi connectivity index (χ4v) is 2.85. The van der Waals surface area contributed by atoms with E-state index in [1.54, 1.807) is 12.1 Å². The minimum Gasteiger partial charge on any atom is -0.382 e. The largest absolute Gasteiger partial charge is 0.382 e. The number of hydrogen-bond donors (Lipinski definition) is 2. The first kappa shape index (κ1) is 14.3. The van der Waals surface area contributed by atoms with E-state index in [1.165, 1.54) is 12.1 Å². The Hall–Kier alpha value is -1.11. The van der Waals surface area contributed by atoms with Crippen molar-refractivity contribution < 1.29 is 13.2 Å². The lowest BCUT2D eigenvalue weighted by molar-refractivity contribution is -0.0553. The Bertz CT molecular complexity index is 538. The van der Waals surface area contributed by atoms with Gasteiger partial charge in [-0.05, 0) is 51.0 Å². The molecule has 1 aliphatic rings. The monoisotopic (exact) mass is 284 g/mol. The Morgan fingerprint density at radius 2 is 1.95 bits per heavy atom. The molecule has 1 aromatic rings. The maximum Gasteiger partial charge on any atom is 0.238 e. The molecule has 1 heterocycles. The van der Waals surface area contributed by atoms with Crippen LogP contribution >= 0.6 is 0 Å². The molecule has 2 rings (SSSR count). The summed E-state index contributed by atoms with van der Waals surface area (Å²) in [5, 5.41) is 8.46. The van der Waals surface area contributed by atoms with E-state index in [4.69, 9.17) is 9.88 Å². The van der Waals surface area contributed by atoms with Crippen LogP contribution < -0.4 is 10.5 Å². The molecule has 0 aliphatic carbocycles. The molecule has 1 saturated heterocycles. The average Bonchev–Trinajstić information content (AvgIpc) is 2.27. The van der Waals surface area contributed by atoms with Crippen LogP contribution in [0, 0.1) is 0 Å². The first-order valence-electron chi connectivity index (χ1n) is 6.30. The molecule has 0 aromatic heterocycles. The van der Waals surface area contributed by atoms with Crippen LogP contribution in [0.25, 0.3) is 0 Å². The van der Waals surface area contributed by atoms with E-state index in [-0.39, 0.29) is 10.5 Å². The van der Waals surface area contributed by atoms with Crippen molar-refractivity contribution in [3.8, 4) is 0 Å². The third-order valence-electron chi connectivity index (χ3n) is 3.25. The minimum atomic E-state index is -3.62. The topological polar surface area (TPSA) is 81.4 Å². The number of nitrogens with two attached hydrogens (primary N) is 1. The Balaban J connectivity index is 2.04. The quantitative estimate of drug-likeness (QED) is 0.885. The molecule has 106 valence electrons. The summed E-state index contributed by atoms with van der Waals surface area (Å²) in [6.45, 7) is 4.88. The van der Waals surface area contributed by atoms with Crippen LogP contribution in [0.2, 0.25) is 0 Å². The summed E-state index contributed by atoms with van der Waals surface area (Å²) in [5.41, 5.74) is 0.784. The second-order valence-electron chi connectivity index (χ2n) is 5.51. The molecular weight excluding hydrogens is 264 g/mol. The van der Waals surface area contributed by atoms with E-state index in [1.807, 2.05) is 0 Å². The zero-order valence-corrected chi connectivity index (χ0v) is 12.0. The highest BCUT2D eigenvalue weighted by Crippen LogP contribution is 2.26. The third-order valence-corrected chi connectivity index (χ3v) is 4.18. The lowest BCUT2D eigenvalue weighted by atomic mass is 9.94. The van der Waals surface area contributed by atoms with Crippen LogP contribution in [0.3, 0.4) is 0 Å². The summed E-state index contributed by atoms with van der Waals surface area (Å²) in [5.74, 6) is 0. The number of hydrogen-bond acceptors (Lipinski definition) is 4. The van der Waals surface area contributed by atoms with Gasteiger partial charge < -0.3 is 10.1 Å². The molecule has 19 heavy (non-hydrogen) atoms. The molecule has 1 unspecified atom stereocenters. The van der Waals surface area contributed by atoms with E-state index in [0.29, 0.717) is 6.04 Å². The molecule has 0 amide bonds. The Labute approximate surface area is 114 Å². The zero-order valence-electron chi connectivity index (χ0n) is 11.2. The molecule has 0 spiro atoms. The van der Waals surface area contributed by atoms with Gasteiger partial charge in [-0.15, -0.1) is 0 Å². The van der Waals surface area contributed by atoms with Gasteiger partial charge in [0.2, 0.25) is 10.0 Å². The Morgan fingerprint density at radius 1 is 1.32 bits per heavy atom. The summed E-state index contributed by atoms with van der Waals surface area (Å²) in [6.07, 6.45) is 1.87. The smallest absolute Gasteiger partial charge is 0.238 e. The zero-order chi connectivity index (χ0) is 14.1. The van der Waals surface area contributed by atoms with Crippen LogP contribution in [0.1, 0.15) is 26.7 Å². The fraction of sp³-hybridized carbons (Fsp3) is 0.538.